The van der Waals surface area contributed by atoms with Gasteiger partial charge in [0.1, 0.15) is 5.75 Å². The van der Waals surface area contributed by atoms with Crippen LogP contribution in [0.2, 0.25) is 0 Å². The fourth-order valence-electron chi connectivity index (χ4n) is 2.41. The monoisotopic (exact) mass is 441 g/mol. The third-order valence-corrected chi connectivity index (χ3v) is 3.77. The van der Waals surface area contributed by atoms with E-state index in [1.807, 2.05) is 13.8 Å². The number of anilines is 1. The zero-order valence-electron chi connectivity index (χ0n) is 17.3. The maximum absolute atomic E-state index is 12.4. The first kappa shape index (κ1) is 23.8. The van der Waals surface area contributed by atoms with Crippen LogP contribution >= 0.6 is 0 Å². The molecule has 0 aliphatic rings. The highest BCUT2D eigenvalue weighted by atomic mass is 19.4. The van der Waals surface area contributed by atoms with Crippen molar-refractivity contribution in [2.75, 3.05) is 12.4 Å². The molecule has 7 nitrogen and oxygen atoms in total. The maximum Gasteiger partial charge on any atom is 0.573 e. The summed E-state index contributed by atoms with van der Waals surface area (Å²) in [5, 5.41) is 2.44. The molecule has 0 fully saturated rings. The Balaban J connectivity index is 1.98. The summed E-state index contributed by atoms with van der Waals surface area (Å²) in [7, 11) is 1.43. The number of hydrogen-bond acceptors (Lipinski definition) is 6. The average Bonchev–Trinajstić information content (AvgIpc) is 2.68. The standard InChI is InChI=1S/C21H22F3NO6/c1-12(2)29-17-10-5-14(11-18(17)28-4)20(27)30-13(3)19(26)25-15-6-8-16(9-7-15)31-21(22,23)24/h5-13H,1-4H3,(H,25,26). The Bertz CT molecular complexity index is 912. The van der Waals surface area contributed by atoms with Crippen molar-refractivity contribution >= 4 is 17.6 Å². The molecule has 0 aliphatic heterocycles. The molecule has 1 atom stereocenters. The van der Waals surface area contributed by atoms with E-state index in [-0.39, 0.29) is 17.4 Å². The van der Waals surface area contributed by atoms with Gasteiger partial charge in [-0.3, -0.25) is 4.79 Å². The van der Waals surface area contributed by atoms with Gasteiger partial charge in [0, 0.05) is 5.69 Å². The molecule has 1 N–H and O–H groups in total. The lowest BCUT2D eigenvalue weighted by Crippen LogP contribution is -2.30. The number of carbonyl (C=O) groups is 2. The first-order valence-electron chi connectivity index (χ1n) is 9.21. The second kappa shape index (κ2) is 10.1. The van der Waals surface area contributed by atoms with Crippen LogP contribution < -0.4 is 19.5 Å². The Hall–Kier alpha value is -3.43. The summed E-state index contributed by atoms with van der Waals surface area (Å²) >= 11 is 0. The fourth-order valence-corrected chi connectivity index (χ4v) is 2.41. The molecule has 2 aromatic rings. The number of amides is 1. The van der Waals surface area contributed by atoms with Gasteiger partial charge in [-0.1, -0.05) is 0 Å². The summed E-state index contributed by atoms with van der Waals surface area (Å²) in [5.74, 6) is -1.06. The van der Waals surface area contributed by atoms with Crippen molar-refractivity contribution in [1.82, 2.24) is 0 Å². The summed E-state index contributed by atoms with van der Waals surface area (Å²) in [5.41, 5.74) is 0.362. The van der Waals surface area contributed by atoms with E-state index in [2.05, 4.69) is 10.1 Å². The van der Waals surface area contributed by atoms with Crippen molar-refractivity contribution in [2.45, 2.75) is 39.3 Å². The second-order valence-electron chi connectivity index (χ2n) is 6.64. The number of benzene rings is 2. The summed E-state index contributed by atoms with van der Waals surface area (Å²) in [6.45, 7) is 5.05. The Morgan fingerprint density at radius 3 is 2.16 bits per heavy atom. The van der Waals surface area contributed by atoms with Gasteiger partial charge in [-0.15, -0.1) is 13.2 Å². The number of esters is 1. The molecule has 10 heteroatoms. The Kier molecular flexibility index (Phi) is 7.73. The molecule has 0 bridgehead atoms. The van der Waals surface area contributed by atoms with E-state index < -0.39 is 30.1 Å². The van der Waals surface area contributed by atoms with Gasteiger partial charge in [0.15, 0.2) is 17.6 Å². The van der Waals surface area contributed by atoms with Crippen LogP contribution in [0.25, 0.3) is 0 Å². The summed E-state index contributed by atoms with van der Waals surface area (Å²) in [6.07, 6.45) is -6.07. The van der Waals surface area contributed by atoms with Crippen molar-refractivity contribution in [1.29, 1.82) is 0 Å². The maximum atomic E-state index is 12.4. The number of carbonyl (C=O) groups excluding carboxylic acids is 2. The first-order chi connectivity index (χ1) is 14.5. The molecule has 0 spiro atoms. The SMILES string of the molecule is COc1cc(C(=O)OC(C)C(=O)Nc2ccc(OC(F)(F)F)cc2)ccc1OC(C)C. The number of rotatable bonds is 8. The molecular weight excluding hydrogens is 419 g/mol. The topological polar surface area (TPSA) is 83.1 Å². The van der Waals surface area contributed by atoms with Crippen LogP contribution in [0.3, 0.4) is 0 Å². The zero-order valence-corrected chi connectivity index (χ0v) is 17.3. The van der Waals surface area contributed by atoms with Gasteiger partial charge in [0.05, 0.1) is 18.8 Å². The number of halogens is 3. The summed E-state index contributed by atoms with van der Waals surface area (Å²) < 4.78 is 56.3. The van der Waals surface area contributed by atoms with Crippen molar-refractivity contribution in [3.05, 3.63) is 48.0 Å². The van der Waals surface area contributed by atoms with Crippen LogP contribution in [0.15, 0.2) is 42.5 Å². The van der Waals surface area contributed by atoms with E-state index in [9.17, 15) is 22.8 Å². The minimum absolute atomic E-state index is 0.0930. The molecular formula is C21H22F3NO6. The van der Waals surface area contributed by atoms with E-state index in [1.165, 1.54) is 38.3 Å². The van der Waals surface area contributed by atoms with Gasteiger partial charge in [-0.2, -0.15) is 0 Å². The second-order valence-corrected chi connectivity index (χ2v) is 6.64. The Morgan fingerprint density at radius 2 is 1.61 bits per heavy atom. The fraction of sp³-hybridized carbons (Fsp3) is 0.333. The van der Waals surface area contributed by atoms with Crippen LogP contribution in [0.4, 0.5) is 18.9 Å². The molecule has 2 aromatic carbocycles. The van der Waals surface area contributed by atoms with Crippen molar-refractivity contribution in [2.24, 2.45) is 0 Å². The molecule has 0 radical (unpaired) electrons. The zero-order chi connectivity index (χ0) is 23.2. The number of methoxy groups -OCH3 is 1. The third-order valence-electron chi connectivity index (χ3n) is 3.77. The van der Waals surface area contributed by atoms with Crippen LogP contribution in [0, 0.1) is 0 Å². The Morgan fingerprint density at radius 1 is 0.968 bits per heavy atom. The van der Waals surface area contributed by atoms with Gasteiger partial charge >= 0.3 is 12.3 Å². The number of nitrogens with one attached hydrogen (secondary N) is 1. The van der Waals surface area contributed by atoms with E-state index in [4.69, 9.17) is 14.2 Å². The highest BCUT2D eigenvalue weighted by Crippen LogP contribution is 2.29. The minimum atomic E-state index is -4.81. The van der Waals surface area contributed by atoms with E-state index >= 15 is 0 Å². The molecule has 1 amide bonds. The van der Waals surface area contributed by atoms with E-state index in [0.717, 1.165) is 12.1 Å². The van der Waals surface area contributed by atoms with E-state index in [0.29, 0.717) is 11.5 Å². The summed E-state index contributed by atoms with van der Waals surface area (Å²) in [4.78, 5) is 24.6. The van der Waals surface area contributed by atoms with Gasteiger partial charge in [0.25, 0.3) is 5.91 Å². The first-order valence-corrected chi connectivity index (χ1v) is 9.21. The molecule has 0 saturated carbocycles. The Labute approximate surface area is 177 Å². The molecule has 1 unspecified atom stereocenters. The predicted molar refractivity (Wildman–Crippen MR) is 105 cm³/mol. The van der Waals surface area contributed by atoms with Crippen LogP contribution in [-0.4, -0.2) is 37.6 Å². The lowest BCUT2D eigenvalue weighted by Gasteiger charge is -2.16. The molecule has 0 aromatic heterocycles. The minimum Gasteiger partial charge on any atom is -0.493 e. The normalized spacial score (nSPS) is 12.1. The van der Waals surface area contributed by atoms with E-state index in [1.54, 1.807) is 6.07 Å². The van der Waals surface area contributed by atoms with Gasteiger partial charge in [0.2, 0.25) is 0 Å². The van der Waals surface area contributed by atoms with Crippen LogP contribution in [0.1, 0.15) is 31.1 Å². The predicted octanol–water partition coefficient (Wildman–Crippen LogP) is 4.57. The van der Waals surface area contributed by atoms with Crippen molar-refractivity contribution in [3.63, 3.8) is 0 Å². The van der Waals surface area contributed by atoms with Gasteiger partial charge in [-0.25, -0.2) is 4.79 Å². The quantitative estimate of drug-likeness (QED) is 0.605. The molecule has 0 saturated heterocycles. The van der Waals surface area contributed by atoms with Crippen LogP contribution in [-0.2, 0) is 9.53 Å². The lowest BCUT2D eigenvalue weighted by molar-refractivity contribution is -0.274. The van der Waals surface area contributed by atoms with Crippen LogP contribution in [0.5, 0.6) is 17.2 Å². The molecule has 0 heterocycles. The number of hydrogen-bond donors (Lipinski definition) is 1. The van der Waals surface area contributed by atoms with Gasteiger partial charge < -0.3 is 24.3 Å². The molecule has 168 valence electrons. The molecule has 31 heavy (non-hydrogen) atoms. The summed E-state index contributed by atoms with van der Waals surface area (Å²) in [6, 6.07) is 9.03. The lowest BCUT2D eigenvalue weighted by atomic mass is 10.2. The smallest absolute Gasteiger partial charge is 0.493 e. The highest BCUT2D eigenvalue weighted by Gasteiger charge is 2.31. The number of alkyl halides is 3. The van der Waals surface area contributed by atoms with Crippen molar-refractivity contribution in [3.8, 4) is 17.2 Å². The number of ether oxygens (including phenoxy) is 4. The average molecular weight is 441 g/mol. The molecule has 0 aliphatic carbocycles. The third kappa shape index (κ3) is 7.40. The van der Waals surface area contributed by atoms with Crippen molar-refractivity contribution < 1.29 is 41.7 Å². The highest BCUT2D eigenvalue weighted by molar-refractivity contribution is 5.97. The molecule has 2 rings (SSSR count). The largest absolute Gasteiger partial charge is 0.573 e. The van der Waals surface area contributed by atoms with Gasteiger partial charge in [-0.05, 0) is 63.2 Å².